The van der Waals surface area contributed by atoms with Crippen molar-refractivity contribution in [3.05, 3.63) is 53.1 Å². The third-order valence-electron chi connectivity index (χ3n) is 3.55. The summed E-state index contributed by atoms with van der Waals surface area (Å²) in [7, 11) is 2.82. The molecule has 0 bridgehead atoms. The second-order valence-electron chi connectivity index (χ2n) is 5.53. The molecule has 0 aliphatic rings. The number of amides is 1. The maximum atomic E-state index is 12.4. The van der Waals surface area contributed by atoms with Crippen molar-refractivity contribution in [2.24, 2.45) is 5.73 Å². The van der Waals surface area contributed by atoms with Gasteiger partial charge in [-0.25, -0.2) is 4.79 Å². The lowest BCUT2D eigenvalue weighted by atomic mass is 10.1. The molecule has 2 N–H and O–H groups in total. The number of carbonyl (C=O) groups excluding carboxylic acids is 2. The monoisotopic (exact) mass is 359 g/mol. The van der Waals surface area contributed by atoms with E-state index in [1.54, 1.807) is 0 Å². The predicted octanol–water partition coefficient (Wildman–Crippen LogP) is 2.23. The van der Waals surface area contributed by atoms with Gasteiger partial charge < -0.3 is 24.7 Å². The van der Waals surface area contributed by atoms with Crippen LogP contribution in [0.1, 0.15) is 21.5 Å². The second kappa shape index (κ2) is 8.75. The topological polar surface area (TPSA) is 97.1 Å². The zero-order valence-electron chi connectivity index (χ0n) is 14.9. The van der Waals surface area contributed by atoms with Crippen molar-refractivity contribution in [1.29, 1.82) is 0 Å². The molecule has 7 heteroatoms. The van der Waals surface area contributed by atoms with E-state index >= 15 is 0 Å². The van der Waals surface area contributed by atoms with E-state index in [1.807, 2.05) is 31.2 Å². The van der Waals surface area contributed by atoms with Gasteiger partial charge in [0.25, 0.3) is 5.91 Å². The molecule has 2 rings (SSSR count). The van der Waals surface area contributed by atoms with Crippen molar-refractivity contribution in [1.82, 2.24) is 0 Å². The maximum Gasteiger partial charge on any atom is 0.338 e. The van der Waals surface area contributed by atoms with Crippen molar-refractivity contribution in [2.45, 2.75) is 13.5 Å². The van der Waals surface area contributed by atoms with Crippen LogP contribution < -0.4 is 19.9 Å². The van der Waals surface area contributed by atoms with Gasteiger partial charge in [-0.2, -0.15) is 0 Å². The molecule has 0 atom stereocenters. The Morgan fingerprint density at radius 3 is 2.08 bits per heavy atom. The molecule has 0 radical (unpaired) electrons. The quantitative estimate of drug-likeness (QED) is 0.726. The van der Waals surface area contributed by atoms with Crippen molar-refractivity contribution in [2.75, 3.05) is 20.8 Å². The van der Waals surface area contributed by atoms with E-state index in [0.717, 1.165) is 11.1 Å². The summed E-state index contributed by atoms with van der Waals surface area (Å²) in [5, 5.41) is 0. The summed E-state index contributed by atoms with van der Waals surface area (Å²) in [5.74, 6) is -0.538. The first-order valence-corrected chi connectivity index (χ1v) is 7.84. The normalized spacial score (nSPS) is 10.1. The molecule has 0 aliphatic carbocycles. The van der Waals surface area contributed by atoms with Gasteiger partial charge in [-0.3, -0.25) is 4.79 Å². The number of esters is 1. The predicted molar refractivity (Wildman–Crippen MR) is 94.5 cm³/mol. The van der Waals surface area contributed by atoms with Crippen LogP contribution >= 0.6 is 0 Å². The molecule has 0 saturated heterocycles. The minimum atomic E-state index is -0.643. The van der Waals surface area contributed by atoms with Crippen LogP contribution in [0.2, 0.25) is 0 Å². The van der Waals surface area contributed by atoms with Crippen molar-refractivity contribution >= 4 is 11.9 Å². The number of hydrogen-bond donors (Lipinski definition) is 1. The Balaban J connectivity index is 2.18. The van der Waals surface area contributed by atoms with Crippen LogP contribution in [0.3, 0.4) is 0 Å². The van der Waals surface area contributed by atoms with Crippen LogP contribution in [0, 0.1) is 6.92 Å². The fraction of sp³-hybridized carbons (Fsp3) is 0.263. The number of carbonyl (C=O) groups is 2. The minimum Gasteiger partial charge on any atom is -0.493 e. The fourth-order valence-electron chi connectivity index (χ4n) is 2.20. The van der Waals surface area contributed by atoms with Gasteiger partial charge in [-0.05, 0) is 24.6 Å². The number of primary amides is 1. The summed E-state index contributed by atoms with van der Waals surface area (Å²) >= 11 is 0. The van der Waals surface area contributed by atoms with Gasteiger partial charge in [0, 0.05) is 0 Å². The Morgan fingerprint density at radius 1 is 1.00 bits per heavy atom. The van der Waals surface area contributed by atoms with Crippen LogP contribution in [-0.2, 0) is 16.1 Å². The fourth-order valence-corrected chi connectivity index (χ4v) is 2.20. The number of methoxy groups -OCH3 is 2. The molecule has 0 saturated carbocycles. The van der Waals surface area contributed by atoms with E-state index in [2.05, 4.69) is 0 Å². The zero-order valence-corrected chi connectivity index (χ0v) is 14.9. The average molecular weight is 359 g/mol. The third kappa shape index (κ3) is 4.89. The number of rotatable bonds is 8. The van der Waals surface area contributed by atoms with Crippen LogP contribution in [0.25, 0.3) is 0 Å². The highest BCUT2D eigenvalue weighted by Gasteiger charge is 2.19. The van der Waals surface area contributed by atoms with Gasteiger partial charge in [-0.15, -0.1) is 0 Å². The summed E-state index contributed by atoms with van der Waals surface area (Å²) in [5.41, 5.74) is 7.32. The Kier molecular flexibility index (Phi) is 6.43. The molecule has 7 nitrogen and oxygen atoms in total. The van der Waals surface area contributed by atoms with Crippen LogP contribution in [0.4, 0.5) is 0 Å². The van der Waals surface area contributed by atoms with E-state index in [1.165, 1.54) is 26.4 Å². The molecule has 1 amide bonds. The van der Waals surface area contributed by atoms with Gasteiger partial charge >= 0.3 is 5.97 Å². The van der Waals surface area contributed by atoms with Gasteiger partial charge in [0.05, 0.1) is 19.8 Å². The molecular formula is C19H21NO6. The molecule has 0 spiro atoms. The van der Waals surface area contributed by atoms with Gasteiger partial charge in [0.15, 0.2) is 18.1 Å². The molecule has 0 aliphatic heterocycles. The summed E-state index contributed by atoms with van der Waals surface area (Å²) in [6.07, 6.45) is 0. The number of ether oxygens (including phenoxy) is 4. The minimum absolute atomic E-state index is 0.143. The highest BCUT2D eigenvalue weighted by Crippen LogP contribution is 2.38. The molecule has 2 aromatic carbocycles. The molecule has 0 unspecified atom stereocenters. The lowest BCUT2D eigenvalue weighted by Crippen LogP contribution is -2.20. The van der Waals surface area contributed by atoms with Crippen molar-refractivity contribution in [3.63, 3.8) is 0 Å². The van der Waals surface area contributed by atoms with Gasteiger partial charge in [0.1, 0.15) is 6.61 Å². The molecule has 0 aromatic heterocycles. The Bertz CT molecular complexity index is 760. The lowest BCUT2D eigenvalue weighted by molar-refractivity contribution is -0.120. The van der Waals surface area contributed by atoms with E-state index in [0.29, 0.717) is 0 Å². The number of nitrogens with two attached hydrogens (primary N) is 1. The van der Waals surface area contributed by atoms with Crippen LogP contribution in [0.5, 0.6) is 17.2 Å². The van der Waals surface area contributed by atoms with Gasteiger partial charge in [0.2, 0.25) is 5.75 Å². The first kappa shape index (κ1) is 19.1. The number of benzene rings is 2. The van der Waals surface area contributed by atoms with Crippen molar-refractivity contribution < 1.29 is 28.5 Å². The van der Waals surface area contributed by atoms with Crippen LogP contribution in [0.15, 0.2) is 36.4 Å². The Hall–Kier alpha value is -3.22. The highest BCUT2D eigenvalue weighted by molar-refractivity contribution is 5.91. The summed E-state index contributed by atoms with van der Waals surface area (Å²) in [6.45, 7) is 1.78. The van der Waals surface area contributed by atoms with E-state index in [9.17, 15) is 9.59 Å². The highest BCUT2D eigenvalue weighted by atomic mass is 16.5. The van der Waals surface area contributed by atoms with E-state index in [4.69, 9.17) is 24.7 Å². The SMILES string of the molecule is COc1cc(C(=O)OCc2ccc(C)cc2)cc(OC)c1OCC(N)=O. The van der Waals surface area contributed by atoms with Crippen molar-refractivity contribution in [3.8, 4) is 17.2 Å². The molecule has 0 heterocycles. The average Bonchev–Trinajstić information content (AvgIpc) is 2.64. The first-order valence-electron chi connectivity index (χ1n) is 7.84. The smallest absolute Gasteiger partial charge is 0.338 e. The number of hydrogen-bond acceptors (Lipinski definition) is 6. The second-order valence-corrected chi connectivity index (χ2v) is 5.53. The molecular weight excluding hydrogens is 338 g/mol. The zero-order chi connectivity index (χ0) is 19.1. The van der Waals surface area contributed by atoms with Gasteiger partial charge in [-0.1, -0.05) is 29.8 Å². The Morgan fingerprint density at radius 2 is 1.58 bits per heavy atom. The maximum absolute atomic E-state index is 12.4. The molecule has 2 aromatic rings. The van der Waals surface area contributed by atoms with E-state index in [-0.39, 0.29) is 36.0 Å². The summed E-state index contributed by atoms with van der Waals surface area (Å²) in [4.78, 5) is 23.3. The van der Waals surface area contributed by atoms with Crippen LogP contribution in [-0.4, -0.2) is 32.7 Å². The summed E-state index contributed by atoms with van der Waals surface area (Å²) < 4.78 is 21.1. The van der Waals surface area contributed by atoms with E-state index < -0.39 is 11.9 Å². The standard InChI is InChI=1S/C19H21NO6/c1-12-4-6-13(7-5-12)10-26-19(22)14-8-15(23-2)18(16(9-14)24-3)25-11-17(20)21/h4-9H,10-11H2,1-3H3,(H2,20,21). The summed E-state index contributed by atoms with van der Waals surface area (Å²) in [6, 6.07) is 10.6. The third-order valence-corrected chi connectivity index (χ3v) is 3.55. The lowest BCUT2D eigenvalue weighted by Gasteiger charge is -2.15. The first-order chi connectivity index (χ1) is 12.4. The molecule has 26 heavy (non-hydrogen) atoms. The molecule has 0 fully saturated rings. The Labute approximate surface area is 151 Å². The number of aryl methyl sites for hydroxylation is 1. The molecule has 138 valence electrons. The largest absolute Gasteiger partial charge is 0.493 e.